The van der Waals surface area contributed by atoms with Gasteiger partial charge in [0.2, 0.25) is 0 Å². The van der Waals surface area contributed by atoms with Crippen molar-refractivity contribution in [2.24, 2.45) is 0 Å². The topological polar surface area (TPSA) is 57.2 Å². The van der Waals surface area contributed by atoms with E-state index in [2.05, 4.69) is 13.8 Å². The third kappa shape index (κ3) is 7.32. The van der Waals surface area contributed by atoms with Gasteiger partial charge in [0.25, 0.3) is 0 Å². The van der Waals surface area contributed by atoms with Crippen molar-refractivity contribution in [1.82, 2.24) is 0 Å². The largest absolute Gasteiger partial charge is 0.507 e. The van der Waals surface area contributed by atoms with Gasteiger partial charge in [-0.1, -0.05) is 39.8 Å². The molecule has 25 heavy (non-hydrogen) atoms. The first-order chi connectivity index (χ1) is 12.2. The van der Waals surface area contributed by atoms with E-state index in [-0.39, 0.29) is 5.75 Å². The second kappa shape index (κ2) is 13.1. The van der Waals surface area contributed by atoms with Crippen molar-refractivity contribution in [3.8, 4) is 5.75 Å². The molecule has 0 aliphatic heterocycles. The number of ether oxygens (including phenoxy) is 4. The van der Waals surface area contributed by atoms with E-state index >= 15 is 0 Å². The lowest BCUT2D eigenvalue weighted by Crippen LogP contribution is -2.18. The van der Waals surface area contributed by atoms with E-state index in [9.17, 15) is 5.11 Å². The van der Waals surface area contributed by atoms with Gasteiger partial charge >= 0.3 is 0 Å². The molecule has 0 fully saturated rings. The number of hydrogen-bond acceptors (Lipinski definition) is 5. The molecule has 0 amide bonds. The van der Waals surface area contributed by atoms with E-state index in [1.165, 1.54) is 0 Å². The highest BCUT2D eigenvalue weighted by Crippen LogP contribution is 2.36. The van der Waals surface area contributed by atoms with E-state index < -0.39 is 12.6 Å². The monoisotopic (exact) mass is 354 g/mol. The predicted molar refractivity (Wildman–Crippen MR) is 98.6 cm³/mol. The second-order valence-corrected chi connectivity index (χ2v) is 5.93. The van der Waals surface area contributed by atoms with E-state index in [1.54, 1.807) is 12.1 Å². The number of benzene rings is 1. The van der Waals surface area contributed by atoms with Gasteiger partial charge < -0.3 is 24.1 Å². The average molecular weight is 354 g/mol. The summed E-state index contributed by atoms with van der Waals surface area (Å²) in [5.41, 5.74) is 1.36. The predicted octanol–water partition coefficient (Wildman–Crippen LogP) is 5.10. The molecule has 0 radical (unpaired) electrons. The van der Waals surface area contributed by atoms with Gasteiger partial charge in [-0.2, -0.15) is 0 Å². The molecule has 0 aliphatic carbocycles. The average Bonchev–Trinajstić information content (AvgIpc) is 2.62. The van der Waals surface area contributed by atoms with Gasteiger partial charge in [-0.15, -0.1) is 0 Å². The number of aromatic hydroxyl groups is 1. The highest BCUT2D eigenvalue weighted by atomic mass is 16.7. The van der Waals surface area contributed by atoms with Crippen LogP contribution < -0.4 is 0 Å². The zero-order chi connectivity index (χ0) is 18.5. The van der Waals surface area contributed by atoms with Crippen LogP contribution in [0.25, 0.3) is 0 Å². The van der Waals surface area contributed by atoms with E-state index in [4.69, 9.17) is 18.9 Å². The fourth-order valence-corrected chi connectivity index (χ4v) is 2.37. The number of rotatable bonds is 14. The standard InChI is InChI=1S/C20H34O5/c1-5-12-22-19(23-13-6-2)16-10-9-11-17(21)18(16)20(24-14-7-3)25-15-8-4/h9-11,19-21H,5-8,12-15H2,1-4H3. The van der Waals surface area contributed by atoms with Crippen LogP contribution in [0.5, 0.6) is 5.75 Å². The van der Waals surface area contributed by atoms with Crippen molar-refractivity contribution in [3.05, 3.63) is 29.3 Å². The first kappa shape index (κ1) is 21.9. The Bertz CT molecular complexity index is 447. The number of hydrogen-bond donors (Lipinski definition) is 1. The zero-order valence-corrected chi connectivity index (χ0v) is 16.1. The molecular formula is C20H34O5. The molecule has 0 bridgehead atoms. The minimum Gasteiger partial charge on any atom is -0.507 e. The van der Waals surface area contributed by atoms with Crippen molar-refractivity contribution in [2.45, 2.75) is 66.0 Å². The molecule has 0 heterocycles. The zero-order valence-electron chi connectivity index (χ0n) is 16.1. The first-order valence-electron chi connectivity index (χ1n) is 9.47. The molecule has 1 rings (SSSR count). The minimum atomic E-state index is -0.631. The Labute approximate surface area is 152 Å². The van der Waals surface area contributed by atoms with Crippen molar-refractivity contribution in [1.29, 1.82) is 0 Å². The van der Waals surface area contributed by atoms with E-state index in [0.717, 1.165) is 31.2 Å². The fraction of sp³-hybridized carbons (Fsp3) is 0.700. The van der Waals surface area contributed by atoms with Gasteiger partial charge in [0.05, 0.1) is 5.56 Å². The maximum absolute atomic E-state index is 10.5. The Hall–Kier alpha value is -1.14. The van der Waals surface area contributed by atoms with Crippen LogP contribution in [-0.4, -0.2) is 31.5 Å². The molecule has 0 spiro atoms. The van der Waals surface area contributed by atoms with E-state index in [1.807, 2.05) is 19.9 Å². The molecule has 144 valence electrons. The summed E-state index contributed by atoms with van der Waals surface area (Å²) in [5, 5.41) is 10.5. The van der Waals surface area contributed by atoms with Crippen molar-refractivity contribution < 1.29 is 24.1 Å². The van der Waals surface area contributed by atoms with Gasteiger partial charge in [-0.25, -0.2) is 0 Å². The normalized spacial score (nSPS) is 11.6. The van der Waals surface area contributed by atoms with Crippen molar-refractivity contribution in [3.63, 3.8) is 0 Å². The van der Waals surface area contributed by atoms with Crippen LogP contribution in [0.15, 0.2) is 18.2 Å². The van der Waals surface area contributed by atoms with Crippen LogP contribution in [-0.2, 0) is 18.9 Å². The molecule has 5 heteroatoms. The molecule has 0 saturated heterocycles. The van der Waals surface area contributed by atoms with Crippen LogP contribution in [0.2, 0.25) is 0 Å². The molecule has 1 aromatic carbocycles. The number of phenolic OH excluding ortho intramolecular Hbond substituents is 1. The Morgan fingerprint density at radius 3 is 1.60 bits per heavy atom. The quantitative estimate of drug-likeness (QED) is 0.471. The molecule has 1 aromatic rings. The molecule has 0 aromatic heterocycles. The Kier molecular flexibility index (Phi) is 11.5. The highest BCUT2D eigenvalue weighted by Gasteiger charge is 2.26. The SMILES string of the molecule is CCCOC(OCCC)c1cccc(O)c1C(OCCC)OCCC. The highest BCUT2D eigenvalue weighted by molar-refractivity contribution is 5.41. The smallest absolute Gasteiger partial charge is 0.187 e. The van der Waals surface area contributed by atoms with Crippen LogP contribution in [0.1, 0.15) is 77.1 Å². The van der Waals surface area contributed by atoms with Gasteiger partial charge in [0.1, 0.15) is 5.75 Å². The summed E-state index contributed by atoms with van der Waals surface area (Å²) in [6.07, 6.45) is 2.35. The maximum atomic E-state index is 10.5. The summed E-state index contributed by atoms with van der Waals surface area (Å²) in [4.78, 5) is 0. The lowest BCUT2D eigenvalue weighted by molar-refractivity contribution is -0.163. The molecule has 5 nitrogen and oxygen atoms in total. The number of phenols is 1. The molecule has 0 aliphatic rings. The molecule has 1 N–H and O–H groups in total. The third-order valence-electron chi connectivity index (χ3n) is 3.50. The lowest BCUT2D eigenvalue weighted by Gasteiger charge is -2.26. The first-order valence-corrected chi connectivity index (χ1v) is 9.47. The summed E-state index contributed by atoms with van der Waals surface area (Å²) >= 11 is 0. The van der Waals surface area contributed by atoms with Crippen molar-refractivity contribution in [2.75, 3.05) is 26.4 Å². The molecular weight excluding hydrogens is 320 g/mol. The van der Waals surface area contributed by atoms with E-state index in [0.29, 0.717) is 32.0 Å². The van der Waals surface area contributed by atoms with Gasteiger partial charge in [-0.05, 0) is 31.7 Å². The summed E-state index contributed by atoms with van der Waals surface area (Å²) in [7, 11) is 0. The molecule has 0 saturated carbocycles. The lowest BCUT2D eigenvalue weighted by atomic mass is 10.0. The van der Waals surface area contributed by atoms with Crippen LogP contribution in [0, 0.1) is 0 Å². The van der Waals surface area contributed by atoms with Gasteiger partial charge in [0.15, 0.2) is 12.6 Å². The van der Waals surface area contributed by atoms with Crippen LogP contribution in [0.3, 0.4) is 0 Å². The van der Waals surface area contributed by atoms with Gasteiger partial charge in [0, 0.05) is 32.0 Å². The Balaban J connectivity index is 3.16. The molecule has 0 unspecified atom stereocenters. The third-order valence-corrected chi connectivity index (χ3v) is 3.50. The summed E-state index contributed by atoms with van der Waals surface area (Å²) in [5.74, 6) is 0.139. The van der Waals surface area contributed by atoms with Crippen LogP contribution in [0.4, 0.5) is 0 Å². The summed E-state index contributed by atoms with van der Waals surface area (Å²) in [6.45, 7) is 10.5. The maximum Gasteiger partial charge on any atom is 0.187 e. The van der Waals surface area contributed by atoms with Gasteiger partial charge in [-0.3, -0.25) is 0 Å². The Morgan fingerprint density at radius 2 is 1.16 bits per heavy atom. The fourth-order valence-electron chi connectivity index (χ4n) is 2.37. The molecule has 0 atom stereocenters. The summed E-state index contributed by atoms with van der Waals surface area (Å²) in [6, 6.07) is 5.35. The van der Waals surface area contributed by atoms with Crippen LogP contribution >= 0.6 is 0 Å². The summed E-state index contributed by atoms with van der Waals surface area (Å²) < 4.78 is 23.5. The minimum absolute atomic E-state index is 0.139. The Morgan fingerprint density at radius 1 is 0.720 bits per heavy atom. The van der Waals surface area contributed by atoms with Crippen molar-refractivity contribution >= 4 is 0 Å². The second-order valence-electron chi connectivity index (χ2n) is 5.93.